The molecule has 5 aromatic rings. The molecule has 0 saturated heterocycles. The lowest BCUT2D eigenvalue weighted by Gasteiger charge is -2.14. The van der Waals surface area contributed by atoms with Crippen LogP contribution in [0.25, 0.3) is 27.0 Å². The molecule has 0 aliphatic carbocycles. The number of benzene rings is 3. The third-order valence-corrected chi connectivity index (χ3v) is 7.41. The maximum Gasteiger partial charge on any atom is 0.262 e. The van der Waals surface area contributed by atoms with E-state index in [1.54, 1.807) is 18.2 Å². The van der Waals surface area contributed by atoms with Gasteiger partial charge in [-0.1, -0.05) is 61.0 Å². The number of hydrogen-bond acceptors (Lipinski definition) is 4. The third-order valence-electron chi connectivity index (χ3n) is 5.74. The van der Waals surface area contributed by atoms with Gasteiger partial charge in [0.1, 0.15) is 12.2 Å². The van der Waals surface area contributed by atoms with Crippen molar-refractivity contribution in [3.05, 3.63) is 97.7 Å². The molecule has 3 aromatic carbocycles. The monoisotopic (exact) mass is 505 g/mol. The number of rotatable bonds is 5. The predicted molar refractivity (Wildman–Crippen MR) is 143 cm³/mol. The molecule has 0 radical (unpaired) electrons. The lowest BCUT2D eigenvalue weighted by molar-refractivity contribution is -0.116. The van der Waals surface area contributed by atoms with E-state index in [-0.39, 0.29) is 18.0 Å². The van der Waals surface area contributed by atoms with Gasteiger partial charge in [-0.15, -0.1) is 11.3 Å². The maximum atomic E-state index is 13.6. The lowest BCUT2D eigenvalue weighted by Crippen LogP contribution is -2.29. The first-order chi connectivity index (χ1) is 16.5. The SMILES string of the molecule is CCc1ccccc1NC(=O)Cn1c(=O)c2ccccc2n2c(=S)sc(-c3ccc(Cl)cc3)c12. The Labute approximate surface area is 209 Å². The Morgan fingerprint density at radius 2 is 1.74 bits per heavy atom. The molecule has 1 N–H and O–H groups in total. The second-order valence-electron chi connectivity index (χ2n) is 7.83. The molecule has 8 heteroatoms. The summed E-state index contributed by atoms with van der Waals surface area (Å²) in [6, 6.07) is 22.4. The molecule has 34 heavy (non-hydrogen) atoms. The summed E-state index contributed by atoms with van der Waals surface area (Å²) in [4.78, 5) is 27.6. The van der Waals surface area contributed by atoms with Gasteiger partial charge in [-0.3, -0.25) is 18.6 Å². The second-order valence-corrected chi connectivity index (χ2v) is 9.91. The molecule has 0 unspecified atom stereocenters. The van der Waals surface area contributed by atoms with Crippen molar-refractivity contribution in [2.75, 3.05) is 5.32 Å². The van der Waals surface area contributed by atoms with Crippen LogP contribution >= 0.6 is 35.2 Å². The summed E-state index contributed by atoms with van der Waals surface area (Å²) in [5.41, 5.74) is 3.74. The summed E-state index contributed by atoms with van der Waals surface area (Å²) >= 11 is 13.2. The van der Waals surface area contributed by atoms with Crippen LogP contribution in [-0.2, 0) is 17.8 Å². The van der Waals surface area contributed by atoms with Crippen molar-refractivity contribution in [1.29, 1.82) is 0 Å². The minimum absolute atomic E-state index is 0.142. The van der Waals surface area contributed by atoms with Crippen LogP contribution in [0, 0.1) is 3.95 Å². The number of aryl methyl sites for hydroxylation is 1. The van der Waals surface area contributed by atoms with Crippen LogP contribution in [0.5, 0.6) is 0 Å². The number of thiazole rings is 1. The molecule has 0 spiro atoms. The first-order valence-corrected chi connectivity index (χ1v) is 12.4. The van der Waals surface area contributed by atoms with E-state index >= 15 is 0 Å². The minimum atomic E-state index is -0.278. The number of amides is 1. The number of halogens is 1. The molecule has 2 aromatic heterocycles. The highest BCUT2D eigenvalue weighted by Crippen LogP contribution is 2.33. The molecule has 2 heterocycles. The summed E-state index contributed by atoms with van der Waals surface area (Å²) in [6.07, 6.45) is 0.789. The van der Waals surface area contributed by atoms with E-state index in [2.05, 4.69) is 5.32 Å². The zero-order valence-corrected chi connectivity index (χ0v) is 20.6. The van der Waals surface area contributed by atoms with Crippen molar-refractivity contribution < 1.29 is 4.79 Å². The van der Waals surface area contributed by atoms with Crippen molar-refractivity contribution in [3.63, 3.8) is 0 Å². The zero-order chi connectivity index (χ0) is 23.8. The Kier molecular flexibility index (Phi) is 6.08. The fourth-order valence-electron chi connectivity index (χ4n) is 4.13. The molecule has 0 bridgehead atoms. The Morgan fingerprint density at radius 3 is 2.50 bits per heavy atom. The topological polar surface area (TPSA) is 55.5 Å². The van der Waals surface area contributed by atoms with E-state index in [1.165, 1.54) is 15.9 Å². The predicted octanol–water partition coefficient (Wildman–Crippen LogP) is 6.57. The first-order valence-electron chi connectivity index (χ1n) is 10.8. The number of hydrogen-bond donors (Lipinski definition) is 1. The summed E-state index contributed by atoms with van der Waals surface area (Å²) < 4.78 is 4.00. The summed E-state index contributed by atoms with van der Waals surface area (Å²) in [5, 5.41) is 4.10. The number of carbonyl (C=O) groups excluding carboxylic acids is 1. The summed E-state index contributed by atoms with van der Waals surface area (Å²) in [7, 11) is 0. The number of nitrogens with zero attached hydrogens (tertiary/aromatic N) is 2. The quantitative estimate of drug-likeness (QED) is 0.275. The van der Waals surface area contributed by atoms with Crippen LogP contribution in [-0.4, -0.2) is 14.9 Å². The van der Waals surface area contributed by atoms with E-state index < -0.39 is 0 Å². The van der Waals surface area contributed by atoms with Crippen molar-refractivity contribution in [1.82, 2.24) is 8.97 Å². The minimum Gasteiger partial charge on any atom is -0.324 e. The molecule has 0 atom stereocenters. The standard InChI is InChI=1S/C26H20ClN3O2S2/c1-2-16-7-3-5-9-20(16)28-22(31)15-29-24-23(17-11-13-18(27)14-12-17)34-26(33)30(24)21-10-6-4-8-19(21)25(29)32/h3-14H,2,15H2,1H3,(H,28,31). The molecule has 170 valence electrons. The van der Waals surface area contributed by atoms with Crippen LogP contribution in [0.4, 0.5) is 5.69 Å². The molecule has 0 saturated carbocycles. The van der Waals surface area contributed by atoms with Crippen LogP contribution < -0.4 is 10.9 Å². The van der Waals surface area contributed by atoms with Gasteiger partial charge >= 0.3 is 0 Å². The number of nitrogens with one attached hydrogen (secondary N) is 1. The van der Waals surface area contributed by atoms with E-state index in [0.717, 1.165) is 33.6 Å². The highest BCUT2D eigenvalue weighted by Gasteiger charge is 2.20. The van der Waals surface area contributed by atoms with E-state index in [4.69, 9.17) is 23.8 Å². The molecule has 5 rings (SSSR count). The fourth-order valence-corrected chi connectivity index (χ4v) is 5.69. The largest absolute Gasteiger partial charge is 0.324 e. The molecular formula is C26H20ClN3O2S2. The fraction of sp³-hybridized carbons (Fsp3) is 0.115. The van der Waals surface area contributed by atoms with Gasteiger partial charge < -0.3 is 5.32 Å². The van der Waals surface area contributed by atoms with Crippen molar-refractivity contribution in [3.8, 4) is 10.4 Å². The van der Waals surface area contributed by atoms with Gasteiger partial charge in [0.25, 0.3) is 5.56 Å². The first kappa shape index (κ1) is 22.5. The van der Waals surface area contributed by atoms with Gasteiger partial charge in [0, 0.05) is 10.7 Å². The maximum absolute atomic E-state index is 13.6. The molecule has 5 nitrogen and oxygen atoms in total. The van der Waals surface area contributed by atoms with Crippen LogP contribution in [0.2, 0.25) is 5.02 Å². The number of carbonyl (C=O) groups is 1. The molecule has 1 amide bonds. The zero-order valence-electron chi connectivity index (χ0n) is 18.2. The van der Waals surface area contributed by atoms with E-state index in [0.29, 0.717) is 20.0 Å². The smallest absolute Gasteiger partial charge is 0.262 e. The Hall–Kier alpha value is -3.26. The van der Waals surface area contributed by atoms with E-state index in [9.17, 15) is 9.59 Å². The van der Waals surface area contributed by atoms with E-state index in [1.807, 2.05) is 65.9 Å². The Bertz CT molecular complexity index is 1670. The van der Waals surface area contributed by atoms with Gasteiger partial charge in [0.05, 0.1) is 15.8 Å². The van der Waals surface area contributed by atoms with Crippen LogP contribution in [0.15, 0.2) is 77.6 Å². The van der Waals surface area contributed by atoms with Gasteiger partial charge in [-0.05, 0) is 60.1 Å². The van der Waals surface area contributed by atoms with Gasteiger partial charge in [-0.2, -0.15) is 0 Å². The lowest BCUT2D eigenvalue weighted by atomic mass is 10.1. The van der Waals surface area contributed by atoms with Crippen molar-refractivity contribution in [2.45, 2.75) is 19.9 Å². The van der Waals surface area contributed by atoms with Gasteiger partial charge in [-0.25, -0.2) is 0 Å². The Morgan fingerprint density at radius 1 is 1.03 bits per heavy atom. The average Bonchev–Trinajstić information content (AvgIpc) is 3.19. The number of anilines is 1. The highest BCUT2D eigenvalue weighted by atomic mass is 35.5. The highest BCUT2D eigenvalue weighted by molar-refractivity contribution is 7.73. The van der Waals surface area contributed by atoms with Crippen LogP contribution in [0.3, 0.4) is 0 Å². The normalized spacial score (nSPS) is 11.2. The third kappa shape index (κ3) is 3.96. The van der Waals surface area contributed by atoms with Crippen molar-refractivity contribution >= 4 is 63.3 Å². The number of aromatic nitrogens is 2. The average molecular weight is 506 g/mol. The molecule has 0 aliphatic heterocycles. The molecule has 0 aliphatic rings. The van der Waals surface area contributed by atoms with Crippen LogP contribution in [0.1, 0.15) is 12.5 Å². The number of fused-ring (bicyclic) bond motifs is 3. The van der Waals surface area contributed by atoms with Gasteiger partial charge in [0.2, 0.25) is 5.91 Å². The van der Waals surface area contributed by atoms with Crippen molar-refractivity contribution in [2.24, 2.45) is 0 Å². The Balaban J connectivity index is 1.72. The number of para-hydroxylation sites is 2. The summed E-state index contributed by atoms with van der Waals surface area (Å²) in [6.45, 7) is 1.89. The molecule has 0 fully saturated rings. The molecular weight excluding hydrogens is 486 g/mol. The second kappa shape index (κ2) is 9.18. The van der Waals surface area contributed by atoms with Gasteiger partial charge in [0.15, 0.2) is 3.95 Å². The summed E-state index contributed by atoms with van der Waals surface area (Å²) in [5.74, 6) is -0.278.